The normalized spacial score (nSPS) is 11.9. The molecule has 0 spiro atoms. The van der Waals surface area contributed by atoms with Gasteiger partial charge in [-0.05, 0) is 41.3 Å². The number of nitrogens with zero attached hydrogens (tertiary/aromatic N) is 2. The van der Waals surface area contributed by atoms with E-state index in [-0.39, 0.29) is 10.8 Å². The van der Waals surface area contributed by atoms with Crippen LogP contribution in [0.15, 0.2) is 97.3 Å². The molecule has 1 N–H and O–H groups in total. The maximum Gasteiger partial charge on any atom is 0.0527 e. The van der Waals surface area contributed by atoms with Gasteiger partial charge in [0.05, 0.1) is 23.3 Å². The van der Waals surface area contributed by atoms with Gasteiger partial charge in [0, 0.05) is 23.6 Å². The molecule has 3 heteroatoms. The first-order chi connectivity index (χ1) is 15.9. The number of hydrogen-bond acceptors (Lipinski definition) is 3. The van der Waals surface area contributed by atoms with E-state index >= 15 is 0 Å². The molecule has 168 valence electrons. The monoisotopic (exact) mass is 435 g/mol. The Morgan fingerprint density at radius 1 is 0.606 bits per heavy atom. The minimum Gasteiger partial charge on any atom is -0.383 e. The molecule has 3 nitrogen and oxygen atoms in total. The van der Waals surface area contributed by atoms with Crippen LogP contribution in [0.2, 0.25) is 0 Å². The SMILES string of the molecule is CC(C)(c1ccccc1)c1ccc(CCNc2ccc(C(C)(C)c3ccccc3)nc2)cn1. The average Bonchev–Trinajstić information content (AvgIpc) is 2.86. The number of hydrogen-bond donors (Lipinski definition) is 1. The van der Waals surface area contributed by atoms with Crippen molar-refractivity contribution in [2.45, 2.75) is 44.9 Å². The van der Waals surface area contributed by atoms with E-state index < -0.39 is 0 Å². The molecule has 2 aromatic heterocycles. The van der Waals surface area contributed by atoms with Gasteiger partial charge in [-0.25, -0.2) is 0 Å². The predicted octanol–water partition coefficient (Wildman–Crippen LogP) is 6.78. The molecule has 0 atom stereocenters. The van der Waals surface area contributed by atoms with Crippen LogP contribution < -0.4 is 5.32 Å². The van der Waals surface area contributed by atoms with Crippen LogP contribution in [0.5, 0.6) is 0 Å². The van der Waals surface area contributed by atoms with E-state index in [1.54, 1.807) is 0 Å². The Bertz CT molecular complexity index is 1050. The molecule has 4 aromatic rings. The van der Waals surface area contributed by atoms with Crippen molar-refractivity contribution < 1.29 is 0 Å². The van der Waals surface area contributed by atoms with Crippen LogP contribution in [0.4, 0.5) is 5.69 Å². The first-order valence-electron chi connectivity index (χ1n) is 11.6. The molecule has 4 rings (SSSR count). The molecule has 0 saturated heterocycles. The average molecular weight is 436 g/mol. The second-order valence-electron chi connectivity index (χ2n) is 9.64. The zero-order valence-corrected chi connectivity index (χ0v) is 20.0. The van der Waals surface area contributed by atoms with Crippen LogP contribution in [-0.2, 0) is 17.3 Å². The summed E-state index contributed by atoms with van der Waals surface area (Å²) in [6, 6.07) is 29.7. The Morgan fingerprint density at radius 3 is 1.58 bits per heavy atom. The molecule has 0 fully saturated rings. The smallest absolute Gasteiger partial charge is 0.0527 e. The topological polar surface area (TPSA) is 37.8 Å². The Kier molecular flexibility index (Phi) is 6.60. The van der Waals surface area contributed by atoms with Crippen molar-refractivity contribution >= 4 is 5.69 Å². The molecular formula is C30H33N3. The van der Waals surface area contributed by atoms with Gasteiger partial charge in [-0.2, -0.15) is 0 Å². The van der Waals surface area contributed by atoms with Gasteiger partial charge in [0.1, 0.15) is 0 Å². The van der Waals surface area contributed by atoms with Crippen molar-refractivity contribution in [3.8, 4) is 0 Å². The first-order valence-corrected chi connectivity index (χ1v) is 11.6. The number of anilines is 1. The number of rotatable bonds is 8. The third-order valence-corrected chi connectivity index (χ3v) is 6.60. The van der Waals surface area contributed by atoms with Gasteiger partial charge < -0.3 is 5.32 Å². The van der Waals surface area contributed by atoms with Crippen molar-refractivity contribution in [3.63, 3.8) is 0 Å². The van der Waals surface area contributed by atoms with Crippen LogP contribution >= 0.6 is 0 Å². The summed E-state index contributed by atoms with van der Waals surface area (Å²) in [6.45, 7) is 9.72. The van der Waals surface area contributed by atoms with E-state index in [4.69, 9.17) is 9.97 Å². The lowest BCUT2D eigenvalue weighted by Crippen LogP contribution is -2.20. The van der Waals surface area contributed by atoms with Crippen LogP contribution in [0.1, 0.15) is 55.8 Å². The molecule has 0 bridgehead atoms. The van der Waals surface area contributed by atoms with Crippen molar-refractivity contribution in [1.82, 2.24) is 9.97 Å². The molecule has 0 aliphatic carbocycles. The summed E-state index contributed by atoms with van der Waals surface area (Å²) >= 11 is 0. The van der Waals surface area contributed by atoms with E-state index in [9.17, 15) is 0 Å². The summed E-state index contributed by atoms with van der Waals surface area (Å²) in [4.78, 5) is 9.52. The second kappa shape index (κ2) is 9.58. The van der Waals surface area contributed by atoms with Gasteiger partial charge in [0.25, 0.3) is 0 Å². The maximum absolute atomic E-state index is 4.78. The van der Waals surface area contributed by atoms with Crippen LogP contribution in [0.25, 0.3) is 0 Å². The summed E-state index contributed by atoms with van der Waals surface area (Å²) in [5, 5.41) is 3.49. The summed E-state index contributed by atoms with van der Waals surface area (Å²) in [5.74, 6) is 0. The third kappa shape index (κ3) is 5.14. The lowest BCUT2D eigenvalue weighted by Gasteiger charge is -2.25. The molecule has 2 heterocycles. The van der Waals surface area contributed by atoms with Crippen molar-refractivity contribution in [2.75, 3.05) is 11.9 Å². The van der Waals surface area contributed by atoms with Crippen LogP contribution in [0, 0.1) is 0 Å². The maximum atomic E-state index is 4.78. The predicted molar refractivity (Wildman–Crippen MR) is 138 cm³/mol. The standard InChI is InChI=1S/C30H33N3/c1-29(2,24-11-7-5-8-12-24)27-17-15-23(21-32-27)19-20-31-26-16-18-28(33-22-26)30(3,4)25-13-9-6-10-14-25/h5-18,21-22,31H,19-20H2,1-4H3. The summed E-state index contributed by atoms with van der Waals surface area (Å²) < 4.78 is 0. The molecule has 0 saturated carbocycles. The molecule has 0 aliphatic heterocycles. The van der Waals surface area contributed by atoms with E-state index in [0.717, 1.165) is 30.0 Å². The molecule has 0 aliphatic rings. The Morgan fingerprint density at radius 2 is 1.12 bits per heavy atom. The van der Waals surface area contributed by atoms with Gasteiger partial charge in [-0.1, -0.05) is 94.4 Å². The quantitative estimate of drug-likeness (QED) is 0.331. The van der Waals surface area contributed by atoms with E-state index in [2.05, 4.69) is 112 Å². The van der Waals surface area contributed by atoms with Gasteiger partial charge >= 0.3 is 0 Å². The zero-order valence-electron chi connectivity index (χ0n) is 20.0. The Labute approximate surface area is 198 Å². The lowest BCUT2D eigenvalue weighted by atomic mass is 9.81. The Hall–Kier alpha value is -3.46. The molecular weight excluding hydrogens is 402 g/mol. The fourth-order valence-corrected chi connectivity index (χ4v) is 4.17. The fraction of sp³-hybridized carbons (Fsp3) is 0.267. The Balaban J connectivity index is 1.34. The van der Waals surface area contributed by atoms with Crippen LogP contribution in [0.3, 0.4) is 0 Å². The van der Waals surface area contributed by atoms with Crippen LogP contribution in [-0.4, -0.2) is 16.5 Å². The number of aromatic nitrogens is 2. The lowest BCUT2D eigenvalue weighted by molar-refractivity contribution is 0.616. The molecule has 2 aromatic carbocycles. The molecule has 0 radical (unpaired) electrons. The summed E-state index contributed by atoms with van der Waals surface area (Å²) in [7, 11) is 0. The molecule has 0 unspecified atom stereocenters. The van der Waals surface area contributed by atoms with Crippen molar-refractivity contribution in [1.29, 1.82) is 0 Å². The molecule has 0 amide bonds. The highest BCUT2D eigenvalue weighted by Gasteiger charge is 2.25. The first kappa shape index (κ1) is 22.7. The van der Waals surface area contributed by atoms with E-state index in [1.165, 1.54) is 16.7 Å². The largest absolute Gasteiger partial charge is 0.383 e. The highest BCUT2D eigenvalue weighted by molar-refractivity contribution is 5.44. The van der Waals surface area contributed by atoms with E-state index in [1.807, 2.05) is 18.5 Å². The summed E-state index contributed by atoms with van der Waals surface area (Å²) in [6.07, 6.45) is 4.85. The van der Waals surface area contributed by atoms with Gasteiger partial charge in [0.15, 0.2) is 0 Å². The van der Waals surface area contributed by atoms with Gasteiger partial charge in [-0.3, -0.25) is 9.97 Å². The highest BCUT2D eigenvalue weighted by atomic mass is 14.9. The second-order valence-corrected chi connectivity index (χ2v) is 9.64. The minimum atomic E-state index is -0.124. The number of pyridine rings is 2. The third-order valence-electron chi connectivity index (χ3n) is 6.60. The highest BCUT2D eigenvalue weighted by Crippen LogP contribution is 2.31. The van der Waals surface area contributed by atoms with Gasteiger partial charge in [0.2, 0.25) is 0 Å². The summed E-state index contributed by atoms with van der Waals surface area (Å²) in [5.41, 5.74) is 6.73. The van der Waals surface area contributed by atoms with Crippen molar-refractivity contribution in [3.05, 3.63) is 125 Å². The molecule has 33 heavy (non-hydrogen) atoms. The van der Waals surface area contributed by atoms with Crippen molar-refractivity contribution in [2.24, 2.45) is 0 Å². The zero-order chi connectivity index (χ0) is 23.3. The fourth-order valence-electron chi connectivity index (χ4n) is 4.17. The van der Waals surface area contributed by atoms with E-state index in [0.29, 0.717) is 0 Å². The number of nitrogens with one attached hydrogen (secondary N) is 1. The number of benzene rings is 2. The van der Waals surface area contributed by atoms with Gasteiger partial charge in [-0.15, -0.1) is 0 Å². The minimum absolute atomic E-state index is 0.112.